The van der Waals surface area contributed by atoms with Gasteiger partial charge in [-0.15, -0.1) is 0 Å². The standard InChI is InChI=1S/C23H23NO5/c1-16-19-11-5-6-12-20(19)29-22(16)23(26)28-15-21(25)24(14-18-10-7-13-27-18)17-8-3-2-4-9-17/h5-8,10-13H,2-4,9,14-15H2,1H3. The molecule has 2 aromatic heterocycles. The molecule has 1 aromatic carbocycles. The predicted molar refractivity (Wildman–Crippen MR) is 107 cm³/mol. The van der Waals surface area contributed by atoms with E-state index in [1.54, 1.807) is 30.2 Å². The van der Waals surface area contributed by atoms with Crippen LogP contribution in [-0.4, -0.2) is 23.4 Å². The molecule has 6 nitrogen and oxygen atoms in total. The molecule has 4 rings (SSSR count). The average Bonchev–Trinajstić information content (AvgIpc) is 3.39. The minimum absolute atomic E-state index is 0.133. The number of carbonyl (C=O) groups is 2. The van der Waals surface area contributed by atoms with Crippen LogP contribution in [0.2, 0.25) is 0 Å². The SMILES string of the molecule is Cc1c(C(=O)OCC(=O)N(Cc2ccco2)C2=CCCCC2)oc2ccccc12. The Bertz CT molecular complexity index is 1040. The number of furan rings is 2. The summed E-state index contributed by atoms with van der Waals surface area (Å²) in [4.78, 5) is 27.1. The fraction of sp³-hybridized carbons (Fsp3) is 0.304. The Morgan fingerprint density at radius 3 is 2.72 bits per heavy atom. The molecule has 0 spiro atoms. The Balaban J connectivity index is 1.47. The van der Waals surface area contributed by atoms with Crippen molar-refractivity contribution >= 4 is 22.8 Å². The van der Waals surface area contributed by atoms with Gasteiger partial charge in [0.25, 0.3) is 5.91 Å². The summed E-state index contributed by atoms with van der Waals surface area (Å²) < 4.78 is 16.3. The van der Waals surface area contributed by atoms with Crippen molar-refractivity contribution in [2.24, 2.45) is 0 Å². The third-order valence-electron chi connectivity index (χ3n) is 5.16. The van der Waals surface area contributed by atoms with Crippen molar-refractivity contribution in [2.45, 2.75) is 39.2 Å². The molecule has 1 amide bonds. The van der Waals surface area contributed by atoms with E-state index in [1.807, 2.05) is 24.3 Å². The van der Waals surface area contributed by atoms with Crippen molar-refractivity contribution in [1.29, 1.82) is 0 Å². The molecule has 150 valence electrons. The summed E-state index contributed by atoms with van der Waals surface area (Å²) in [5.41, 5.74) is 2.28. The van der Waals surface area contributed by atoms with Crippen molar-refractivity contribution in [1.82, 2.24) is 4.90 Å². The quantitative estimate of drug-likeness (QED) is 0.553. The second-order valence-corrected chi connectivity index (χ2v) is 7.13. The molecule has 3 aromatic rings. The molecule has 6 heteroatoms. The molecule has 0 unspecified atom stereocenters. The van der Waals surface area contributed by atoms with Gasteiger partial charge in [0.05, 0.1) is 12.8 Å². The summed E-state index contributed by atoms with van der Waals surface area (Å²) in [6.45, 7) is 1.77. The summed E-state index contributed by atoms with van der Waals surface area (Å²) in [5.74, 6) is -0.1000. The van der Waals surface area contributed by atoms with Crippen LogP contribution in [0.15, 0.2) is 63.3 Å². The Hall–Kier alpha value is -3.28. The molecule has 2 heterocycles. The third kappa shape index (κ3) is 4.11. The molecular formula is C23H23NO5. The van der Waals surface area contributed by atoms with Gasteiger partial charge in [-0.05, 0) is 50.8 Å². The first-order valence-corrected chi connectivity index (χ1v) is 9.80. The largest absolute Gasteiger partial charge is 0.467 e. The molecule has 0 aliphatic heterocycles. The number of hydrogen-bond donors (Lipinski definition) is 0. The van der Waals surface area contributed by atoms with Crippen LogP contribution < -0.4 is 0 Å². The highest BCUT2D eigenvalue weighted by molar-refractivity contribution is 5.96. The molecule has 0 radical (unpaired) electrons. The smallest absolute Gasteiger partial charge is 0.375 e. The zero-order chi connectivity index (χ0) is 20.2. The monoisotopic (exact) mass is 393 g/mol. The number of rotatable bonds is 6. The minimum atomic E-state index is -0.636. The van der Waals surface area contributed by atoms with Gasteiger partial charge in [-0.3, -0.25) is 4.79 Å². The van der Waals surface area contributed by atoms with Crippen LogP contribution in [0.25, 0.3) is 11.0 Å². The van der Waals surface area contributed by atoms with E-state index in [2.05, 4.69) is 6.08 Å². The highest BCUT2D eigenvalue weighted by atomic mass is 16.5. The van der Waals surface area contributed by atoms with Gasteiger partial charge in [0.1, 0.15) is 11.3 Å². The number of fused-ring (bicyclic) bond motifs is 1. The molecule has 0 N–H and O–H groups in total. The van der Waals surface area contributed by atoms with E-state index in [-0.39, 0.29) is 18.3 Å². The van der Waals surface area contributed by atoms with E-state index < -0.39 is 5.97 Å². The van der Waals surface area contributed by atoms with Crippen LogP contribution in [0.1, 0.15) is 47.6 Å². The first-order chi connectivity index (χ1) is 14.1. The second-order valence-electron chi connectivity index (χ2n) is 7.13. The Morgan fingerprint density at radius 1 is 1.14 bits per heavy atom. The zero-order valence-electron chi connectivity index (χ0n) is 16.3. The predicted octanol–water partition coefficient (Wildman–Crippen LogP) is 4.98. The molecule has 0 atom stereocenters. The summed E-state index contributed by atoms with van der Waals surface area (Å²) in [6, 6.07) is 11.0. The number of esters is 1. The summed E-state index contributed by atoms with van der Waals surface area (Å²) in [7, 11) is 0. The highest BCUT2D eigenvalue weighted by Gasteiger charge is 2.24. The van der Waals surface area contributed by atoms with Crippen molar-refractivity contribution < 1.29 is 23.2 Å². The van der Waals surface area contributed by atoms with Crippen LogP contribution in [0.4, 0.5) is 0 Å². The maximum atomic E-state index is 12.9. The normalized spacial score (nSPS) is 13.9. The van der Waals surface area contributed by atoms with E-state index in [0.717, 1.165) is 36.8 Å². The molecular weight excluding hydrogens is 370 g/mol. The van der Waals surface area contributed by atoms with Crippen molar-refractivity contribution in [3.05, 3.63) is 71.5 Å². The van der Waals surface area contributed by atoms with Gasteiger partial charge < -0.3 is 18.5 Å². The van der Waals surface area contributed by atoms with Crippen LogP contribution in [-0.2, 0) is 16.1 Å². The van der Waals surface area contributed by atoms with Crippen LogP contribution >= 0.6 is 0 Å². The number of carbonyl (C=O) groups excluding carboxylic acids is 2. The topological polar surface area (TPSA) is 72.9 Å². The zero-order valence-corrected chi connectivity index (χ0v) is 16.3. The number of para-hydroxylation sites is 1. The third-order valence-corrected chi connectivity index (χ3v) is 5.16. The van der Waals surface area contributed by atoms with Gasteiger partial charge >= 0.3 is 5.97 Å². The second kappa shape index (κ2) is 8.39. The van der Waals surface area contributed by atoms with Gasteiger partial charge in [-0.1, -0.05) is 24.3 Å². The van der Waals surface area contributed by atoms with E-state index in [9.17, 15) is 9.59 Å². The Labute approximate surface area is 168 Å². The molecule has 1 aliphatic rings. The van der Waals surface area contributed by atoms with Gasteiger partial charge in [0.15, 0.2) is 6.61 Å². The lowest BCUT2D eigenvalue weighted by Gasteiger charge is -2.26. The van der Waals surface area contributed by atoms with Crippen LogP contribution in [0.3, 0.4) is 0 Å². The average molecular weight is 393 g/mol. The number of amides is 1. The van der Waals surface area contributed by atoms with Gasteiger partial charge in [-0.2, -0.15) is 0 Å². The fourth-order valence-electron chi connectivity index (χ4n) is 3.61. The fourth-order valence-corrected chi connectivity index (χ4v) is 3.61. The number of benzene rings is 1. The molecule has 0 fully saturated rings. The number of ether oxygens (including phenoxy) is 1. The highest BCUT2D eigenvalue weighted by Crippen LogP contribution is 2.26. The Kier molecular flexibility index (Phi) is 5.51. The number of hydrogen-bond acceptors (Lipinski definition) is 5. The van der Waals surface area contributed by atoms with Gasteiger partial charge in [0, 0.05) is 16.6 Å². The lowest BCUT2D eigenvalue weighted by atomic mass is 10.0. The molecule has 29 heavy (non-hydrogen) atoms. The summed E-state index contributed by atoms with van der Waals surface area (Å²) in [5, 5.41) is 0.859. The maximum Gasteiger partial charge on any atom is 0.375 e. The summed E-state index contributed by atoms with van der Waals surface area (Å²) >= 11 is 0. The van der Waals surface area contributed by atoms with Gasteiger partial charge in [0.2, 0.25) is 5.76 Å². The maximum absolute atomic E-state index is 12.9. The van der Waals surface area contributed by atoms with E-state index in [0.29, 0.717) is 23.5 Å². The van der Waals surface area contributed by atoms with Crippen molar-refractivity contribution in [2.75, 3.05) is 6.61 Å². The first-order valence-electron chi connectivity index (χ1n) is 9.80. The number of allylic oxidation sites excluding steroid dienone is 2. The minimum Gasteiger partial charge on any atom is -0.467 e. The van der Waals surface area contributed by atoms with E-state index >= 15 is 0 Å². The number of aryl methyl sites for hydroxylation is 1. The van der Waals surface area contributed by atoms with Crippen molar-refractivity contribution in [3.8, 4) is 0 Å². The van der Waals surface area contributed by atoms with Crippen LogP contribution in [0, 0.1) is 6.92 Å². The Morgan fingerprint density at radius 2 is 2.00 bits per heavy atom. The van der Waals surface area contributed by atoms with E-state index in [1.165, 1.54) is 0 Å². The lowest BCUT2D eigenvalue weighted by Crippen LogP contribution is -2.34. The number of nitrogens with zero attached hydrogens (tertiary/aromatic N) is 1. The first kappa shape index (κ1) is 19.1. The molecule has 0 saturated heterocycles. The molecule has 0 bridgehead atoms. The van der Waals surface area contributed by atoms with Crippen LogP contribution in [0.5, 0.6) is 0 Å². The molecule has 1 aliphatic carbocycles. The van der Waals surface area contributed by atoms with Gasteiger partial charge in [-0.25, -0.2) is 4.79 Å². The summed E-state index contributed by atoms with van der Waals surface area (Å²) in [6.07, 6.45) is 7.57. The molecule has 0 saturated carbocycles. The van der Waals surface area contributed by atoms with E-state index in [4.69, 9.17) is 13.6 Å². The lowest BCUT2D eigenvalue weighted by molar-refractivity contribution is -0.133. The van der Waals surface area contributed by atoms with Crippen molar-refractivity contribution in [3.63, 3.8) is 0 Å².